The monoisotopic (exact) mass is 317 g/mol. The van der Waals surface area contributed by atoms with Gasteiger partial charge in [0.1, 0.15) is 0 Å². The number of hydrogen-bond acceptors (Lipinski definition) is 3. The van der Waals surface area contributed by atoms with Crippen LogP contribution in [0.25, 0.3) is 0 Å². The maximum atomic E-state index is 5.58. The van der Waals surface area contributed by atoms with Crippen LogP contribution in [0.3, 0.4) is 0 Å². The fourth-order valence-corrected chi connectivity index (χ4v) is 4.84. The molecule has 3 rings (SSSR count). The van der Waals surface area contributed by atoms with Crippen molar-refractivity contribution in [2.24, 2.45) is 0 Å². The summed E-state index contributed by atoms with van der Waals surface area (Å²) in [5.74, 6) is 1.70. The van der Waals surface area contributed by atoms with Crippen molar-refractivity contribution in [3.05, 3.63) is 23.8 Å². The summed E-state index contributed by atoms with van der Waals surface area (Å²) in [6.07, 6.45) is 10.8. The Bertz CT molecular complexity index is 530. The first kappa shape index (κ1) is 16.6. The first-order valence-corrected chi connectivity index (χ1v) is 9.14. The van der Waals surface area contributed by atoms with Gasteiger partial charge in [-0.05, 0) is 50.6 Å². The van der Waals surface area contributed by atoms with Gasteiger partial charge in [-0.2, -0.15) is 0 Å². The largest absolute Gasteiger partial charge is 0.493 e. The molecule has 3 heteroatoms. The highest BCUT2D eigenvalue weighted by Gasteiger charge is 2.46. The summed E-state index contributed by atoms with van der Waals surface area (Å²) < 4.78 is 11.0. The average Bonchev–Trinajstić information content (AvgIpc) is 2.95. The molecular formula is C20H31NO2. The highest BCUT2D eigenvalue weighted by molar-refractivity contribution is 5.46. The van der Waals surface area contributed by atoms with Crippen molar-refractivity contribution in [3.8, 4) is 11.5 Å². The average molecular weight is 317 g/mol. The Morgan fingerprint density at radius 1 is 0.957 bits per heavy atom. The van der Waals surface area contributed by atoms with E-state index in [4.69, 9.17) is 9.47 Å². The fraction of sp³-hybridized carbons (Fsp3) is 0.700. The minimum atomic E-state index is 0.290. The lowest BCUT2D eigenvalue weighted by atomic mass is 9.69. The maximum Gasteiger partial charge on any atom is 0.161 e. The van der Waals surface area contributed by atoms with E-state index < -0.39 is 0 Å². The molecule has 1 aromatic carbocycles. The molecule has 0 N–H and O–H groups in total. The molecule has 1 heterocycles. The molecule has 1 aliphatic carbocycles. The maximum absolute atomic E-state index is 5.58. The van der Waals surface area contributed by atoms with Gasteiger partial charge < -0.3 is 14.4 Å². The van der Waals surface area contributed by atoms with Gasteiger partial charge in [0.15, 0.2) is 11.5 Å². The molecule has 1 saturated heterocycles. The lowest BCUT2D eigenvalue weighted by Gasteiger charge is -2.38. The van der Waals surface area contributed by atoms with Crippen molar-refractivity contribution in [2.75, 3.05) is 27.8 Å². The SMILES string of the molecule is COc1ccc([C@@]23CCCCCCC[C@@H]2N(C)CC3)cc1OC. The summed E-state index contributed by atoms with van der Waals surface area (Å²) in [6, 6.07) is 7.28. The molecule has 0 spiro atoms. The molecule has 0 radical (unpaired) electrons. The van der Waals surface area contributed by atoms with Crippen molar-refractivity contribution in [1.29, 1.82) is 0 Å². The number of likely N-dealkylation sites (tertiary alicyclic amines) is 1. The number of nitrogens with zero attached hydrogens (tertiary/aromatic N) is 1. The second-order valence-corrected chi connectivity index (χ2v) is 7.28. The number of fused-ring (bicyclic) bond motifs is 1. The zero-order chi connectivity index (χ0) is 16.3. The first-order chi connectivity index (χ1) is 11.2. The van der Waals surface area contributed by atoms with Crippen LogP contribution in [-0.4, -0.2) is 38.8 Å². The number of benzene rings is 1. The molecule has 2 aliphatic rings. The van der Waals surface area contributed by atoms with E-state index >= 15 is 0 Å². The molecule has 2 fully saturated rings. The predicted molar refractivity (Wildman–Crippen MR) is 94.6 cm³/mol. The van der Waals surface area contributed by atoms with Gasteiger partial charge in [0.25, 0.3) is 0 Å². The van der Waals surface area contributed by atoms with E-state index in [1.54, 1.807) is 14.2 Å². The van der Waals surface area contributed by atoms with Gasteiger partial charge in [-0.15, -0.1) is 0 Å². The normalized spacial score (nSPS) is 29.3. The van der Waals surface area contributed by atoms with Crippen LogP contribution < -0.4 is 9.47 Å². The third kappa shape index (κ3) is 3.08. The molecule has 1 aliphatic heterocycles. The van der Waals surface area contributed by atoms with Crippen molar-refractivity contribution < 1.29 is 9.47 Å². The molecule has 3 nitrogen and oxygen atoms in total. The van der Waals surface area contributed by atoms with Crippen LogP contribution in [0.2, 0.25) is 0 Å². The number of rotatable bonds is 3. The summed E-state index contributed by atoms with van der Waals surface area (Å²) >= 11 is 0. The van der Waals surface area contributed by atoms with Gasteiger partial charge in [0.05, 0.1) is 14.2 Å². The molecule has 23 heavy (non-hydrogen) atoms. The molecule has 1 aromatic rings. The van der Waals surface area contributed by atoms with Gasteiger partial charge in [0, 0.05) is 11.5 Å². The number of hydrogen-bond donors (Lipinski definition) is 0. The Hall–Kier alpha value is -1.22. The minimum Gasteiger partial charge on any atom is -0.493 e. The van der Waals surface area contributed by atoms with Crippen LogP contribution in [0, 0.1) is 0 Å². The van der Waals surface area contributed by atoms with E-state index in [1.807, 2.05) is 0 Å². The second kappa shape index (κ2) is 7.12. The van der Waals surface area contributed by atoms with Crippen LogP contribution in [0.15, 0.2) is 18.2 Å². The first-order valence-electron chi connectivity index (χ1n) is 9.14. The minimum absolute atomic E-state index is 0.290. The number of methoxy groups -OCH3 is 2. The van der Waals surface area contributed by atoms with Crippen molar-refractivity contribution >= 4 is 0 Å². The van der Waals surface area contributed by atoms with Gasteiger partial charge >= 0.3 is 0 Å². The van der Waals surface area contributed by atoms with Crippen LogP contribution in [0.5, 0.6) is 11.5 Å². The van der Waals surface area contributed by atoms with E-state index in [-0.39, 0.29) is 0 Å². The zero-order valence-corrected chi connectivity index (χ0v) is 14.9. The highest BCUT2D eigenvalue weighted by atomic mass is 16.5. The zero-order valence-electron chi connectivity index (χ0n) is 14.9. The predicted octanol–water partition coefficient (Wildman–Crippen LogP) is 4.39. The molecule has 0 bridgehead atoms. The van der Waals surface area contributed by atoms with Gasteiger partial charge in [-0.25, -0.2) is 0 Å². The van der Waals surface area contributed by atoms with Crippen LogP contribution in [-0.2, 0) is 5.41 Å². The van der Waals surface area contributed by atoms with E-state index in [9.17, 15) is 0 Å². The van der Waals surface area contributed by atoms with E-state index in [1.165, 1.54) is 63.5 Å². The lowest BCUT2D eigenvalue weighted by molar-refractivity contribution is 0.216. The van der Waals surface area contributed by atoms with Gasteiger partial charge in [-0.1, -0.05) is 38.2 Å². The summed E-state index contributed by atoms with van der Waals surface area (Å²) in [7, 11) is 5.76. The quantitative estimate of drug-likeness (QED) is 0.825. The summed E-state index contributed by atoms with van der Waals surface area (Å²) in [4.78, 5) is 2.60. The smallest absolute Gasteiger partial charge is 0.161 e. The van der Waals surface area contributed by atoms with Gasteiger partial charge in [-0.3, -0.25) is 0 Å². The van der Waals surface area contributed by atoms with E-state index in [0.29, 0.717) is 11.5 Å². The Balaban J connectivity index is 2.01. The standard InChI is InChI=1S/C20H31NO2/c1-21-14-13-20(12-8-6-4-5-7-9-19(20)21)16-10-11-17(22-2)18(15-16)23-3/h10-11,15,19H,4-9,12-14H2,1-3H3/t19-,20-/m0/s1. The molecule has 0 aromatic heterocycles. The topological polar surface area (TPSA) is 21.7 Å². The molecule has 128 valence electrons. The third-order valence-electron chi connectivity index (χ3n) is 6.14. The Morgan fingerprint density at radius 2 is 1.70 bits per heavy atom. The molecule has 0 unspecified atom stereocenters. The van der Waals surface area contributed by atoms with Gasteiger partial charge in [0.2, 0.25) is 0 Å². The summed E-state index contributed by atoms with van der Waals surface area (Å²) in [5.41, 5.74) is 1.74. The van der Waals surface area contributed by atoms with Crippen LogP contribution in [0.1, 0.15) is 56.9 Å². The van der Waals surface area contributed by atoms with Crippen molar-refractivity contribution in [2.45, 2.75) is 62.8 Å². The fourth-order valence-electron chi connectivity index (χ4n) is 4.84. The van der Waals surface area contributed by atoms with Crippen molar-refractivity contribution in [1.82, 2.24) is 4.90 Å². The Labute approximate surface area is 141 Å². The lowest BCUT2D eigenvalue weighted by Crippen LogP contribution is -2.41. The Morgan fingerprint density at radius 3 is 2.48 bits per heavy atom. The second-order valence-electron chi connectivity index (χ2n) is 7.28. The highest BCUT2D eigenvalue weighted by Crippen LogP contribution is 2.48. The number of ether oxygens (including phenoxy) is 2. The summed E-state index contributed by atoms with van der Waals surface area (Å²) in [5, 5.41) is 0. The van der Waals surface area contributed by atoms with E-state index in [0.717, 1.165) is 11.5 Å². The van der Waals surface area contributed by atoms with Crippen LogP contribution in [0.4, 0.5) is 0 Å². The van der Waals surface area contributed by atoms with Crippen molar-refractivity contribution in [3.63, 3.8) is 0 Å². The number of likely N-dealkylation sites (N-methyl/N-ethyl adjacent to an activating group) is 1. The molecular weight excluding hydrogens is 286 g/mol. The Kier molecular flexibility index (Phi) is 5.15. The third-order valence-corrected chi connectivity index (χ3v) is 6.14. The van der Waals surface area contributed by atoms with Crippen LogP contribution >= 0.6 is 0 Å². The molecule has 2 atom stereocenters. The molecule has 1 saturated carbocycles. The van der Waals surface area contributed by atoms with E-state index in [2.05, 4.69) is 30.1 Å². The summed E-state index contributed by atoms with van der Waals surface area (Å²) in [6.45, 7) is 1.21. The molecule has 0 amide bonds.